The van der Waals surface area contributed by atoms with Crippen molar-refractivity contribution in [1.82, 2.24) is 5.32 Å². The van der Waals surface area contributed by atoms with Crippen molar-refractivity contribution in [2.24, 2.45) is 5.73 Å². The molecule has 0 bridgehead atoms. The lowest BCUT2D eigenvalue weighted by Crippen LogP contribution is -2.54. The normalized spacial score (nSPS) is 11.9. The lowest BCUT2D eigenvalue weighted by atomic mass is 9.68. The number of nitro groups is 1. The number of hydrogen-bond donors (Lipinski definition) is 2. The molecular formula is C29H24FN3O4. The van der Waals surface area contributed by atoms with Crippen LogP contribution in [-0.4, -0.2) is 22.8 Å². The molecule has 0 fully saturated rings. The van der Waals surface area contributed by atoms with Gasteiger partial charge in [0.15, 0.2) is 0 Å². The summed E-state index contributed by atoms with van der Waals surface area (Å²) in [5, 5.41) is 14.0. The van der Waals surface area contributed by atoms with Gasteiger partial charge in [-0.15, -0.1) is 0 Å². The molecule has 4 aromatic rings. The number of benzene rings is 4. The maximum Gasteiger partial charge on any atom is 0.305 e. The third kappa shape index (κ3) is 5.08. The molecule has 0 radical (unpaired) electrons. The fraction of sp³-hybridized carbons (Fsp3) is 0.103. The number of nitrogens with one attached hydrogen (secondary N) is 1. The number of primary amides is 1. The van der Waals surface area contributed by atoms with Crippen LogP contribution in [0.4, 0.5) is 10.1 Å². The number of nitrogens with two attached hydrogens (primary N) is 1. The molecule has 0 saturated heterocycles. The van der Waals surface area contributed by atoms with Gasteiger partial charge in [-0.3, -0.25) is 19.7 Å². The van der Waals surface area contributed by atoms with E-state index in [4.69, 9.17) is 5.73 Å². The molecule has 0 aromatic heterocycles. The van der Waals surface area contributed by atoms with E-state index in [-0.39, 0.29) is 12.0 Å². The lowest BCUT2D eigenvalue weighted by molar-refractivity contribution is -0.387. The third-order valence-corrected chi connectivity index (χ3v) is 6.26. The van der Waals surface area contributed by atoms with Crippen LogP contribution in [0, 0.1) is 15.9 Å². The Kier molecular flexibility index (Phi) is 7.39. The van der Waals surface area contributed by atoms with Crippen LogP contribution < -0.4 is 11.1 Å². The molecule has 0 aliphatic carbocycles. The van der Waals surface area contributed by atoms with Crippen LogP contribution in [0.2, 0.25) is 0 Å². The fourth-order valence-corrected chi connectivity index (χ4v) is 4.51. The second-order valence-electron chi connectivity index (χ2n) is 8.52. The molecule has 0 heterocycles. The highest BCUT2D eigenvalue weighted by molar-refractivity contribution is 5.98. The van der Waals surface area contributed by atoms with Crippen molar-refractivity contribution >= 4 is 17.5 Å². The highest BCUT2D eigenvalue weighted by Crippen LogP contribution is 2.39. The van der Waals surface area contributed by atoms with Crippen molar-refractivity contribution in [3.8, 4) is 0 Å². The summed E-state index contributed by atoms with van der Waals surface area (Å²) in [5.41, 5.74) is 5.89. The first-order chi connectivity index (χ1) is 17.8. The molecular weight excluding hydrogens is 473 g/mol. The number of halogens is 1. The molecule has 37 heavy (non-hydrogen) atoms. The first-order valence-electron chi connectivity index (χ1n) is 11.5. The molecule has 8 heteroatoms. The summed E-state index contributed by atoms with van der Waals surface area (Å²) in [7, 11) is 0. The minimum atomic E-state index is -1.34. The van der Waals surface area contributed by atoms with Crippen LogP contribution in [-0.2, 0) is 21.4 Å². The standard InChI is InChI=1S/C29H24FN3O4/c30-24-17-16-20(19-26(24)33(36)37)18-25(27(31)34)32-28(35)29(21-10-4-1-5-11-21,22-12-6-2-7-13-22)23-14-8-3-9-15-23/h1-17,19,25H,18H2,(H2,31,34)(H,32,35)/t25-/m0/s1. The monoisotopic (exact) mass is 497 g/mol. The first-order valence-corrected chi connectivity index (χ1v) is 11.5. The van der Waals surface area contributed by atoms with Gasteiger partial charge in [-0.05, 0) is 28.3 Å². The van der Waals surface area contributed by atoms with E-state index in [1.54, 1.807) is 0 Å². The molecule has 0 saturated carbocycles. The molecule has 4 rings (SSSR count). The largest absolute Gasteiger partial charge is 0.368 e. The second kappa shape index (κ2) is 10.8. The third-order valence-electron chi connectivity index (χ3n) is 6.26. The van der Waals surface area contributed by atoms with Crippen molar-refractivity contribution < 1.29 is 18.9 Å². The Morgan fingerprint density at radius 2 is 1.30 bits per heavy atom. The zero-order valence-electron chi connectivity index (χ0n) is 19.7. The van der Waals surface area contributed by atoms with E-state index in [0.29, 0.717) is 16.7 Å². The van der Waals surface area contributed by atoms with Gasteiger partial charge < -0.3 is 11.1 Å². The van der Waals surface area contributed by atoms with Gasteiger partial charge in [0.1, 0.15) is 11.5 Å². The minimum absolute atomic E-state index is 0.156. The van der Waals surface area contributed by atoms with Crippen molar-refractivity contribution in [3.05, 3.63) is 147 Å². The number of amides is 2. The molecule has 0 aliphatic rings. The molecule has 0 unspecified atom stereocenters. The van der Waals surface area contributed by atoms with Gasteiger partial charge in [0, 0.05) is 12.5 Å². The van der Waals surface area contributed by atoms with Gasteiger partial charge in [0.2, 0.25) is 17.6 Å². The molecule has 7 nitrogen and oxygen atoms in total. The van der Waals surface area contributed by atoms with Crippen LogP contribution in [0.15, 0.2) is 109 Å². The van der Waals surface area contributed by atoms with E-state index in [1.165, 1.54) is 6.07 Å². The fourth-order valence-electron chi connectivity index (χ4n) is 4.51. The zero-order chi connectivity index (χ0) is 26.4. The lowest BCUT2D eigenvalue weighted by Gasteiger charge is -2.35. The Hall–Kier alpha value is -4.85. The summed E-state index contributed by atoms with van der Waals surface area (Å²) in [4.78, 5) is 37.1. The maximum absolute atomic E-state index is 14.3. The van der Waals surface area contributed by atoms with Gasteiger partial charge in [0.05, 0.1) is 4.92 Å². The molecule has 186 valence electrons. The predicted octanol–water partition coefficient (Wildman–Crippen LogP) is 4.28. The molecule has 0 aliphatic heterocycles. The highest BCUT2D eigenvalue weighted by Gasteiger charge is 2.44. The number of hydrogen-bond acceptors (Lipinski definition) is 4. The number of carbonyl (C=O) groups excluding carboxylic acids is 2. The summed E-state index contributed by atoms with van der Waals surface area (Å²) >= 11 is 0. The second-order valence-corrected chi connectivity index (χ2v) is 8.52. The van der Waals surface area contributed by atoms with E-state index in [1.807, 2.05) is 91.0 Å². The van der Waals surface area contributed by atoms with Crippen LogP contribution in [0.25, 0.3) is 0 Å². The van der Waals surface area contributed by atoms with Crippen molar-refractivity contribution in [2.75, 3.05) is 0 Å². The Morgan fingerprint density at radius 3 is 1.70 bits per heavy atom. The van der Waals surface area contributed by atoms with Crippen molar-refractivity contribution in [3.63, 3.8) is 0 Å². The van der Waals surface area contributed by atoms with Crippen LogP contribution in [0.3, 0.4) is 0 Å². The SMILES string of the molecule is NC(=O)[C@H](Cc1ccc(F)c([N+](=O)[O-])c1)NC(=O)C(c1ccccc1)(c1ccccc1)c1ccccc1. The highest BCUT2D eigenvalue weighted by atomic mass is 19.1. The van der Waals surface area contributed by atoms with Crippen LogP contribution in [0.1, 0.15) is 22.3 Å². The average molecular weight is 498 g/mol. The van der Waals surface area contributed by atoms with Gasteiger partial charge in [-0.1, -0.05) is 97.1 Å². The van der Waals surface area contributed by atoms with Crippen LogP contribution >= 0.6 is 0 Å². The number of carbonyl (C=O) groups is 2. The molecule has 3 N–H and O–H groups in total. The number of nitrogens with zero attached hydrogens (tertiary/aromatic N) is 1. The van der Waals surface area contributed by atoms with Crippen molar-refractivity contribution in [1.29, 1.82) is 0 Å². The predicted molar refractivity (Wildman–Crippen MR) is 137 cm³/mol. The van der Waals surface area contributed by atoms with Crippen molar-refractivity contribution in [2.45, 2.75) is 17.9 Å². The molecule has 1 atom stereocenters. The smallest absolute Gasteiger partial charge is 0.305 e. The maximum atomic E-state index is 14.3. The molecule has 4 aromatic carbocycles. The van der Waals surface area contributed by atoms with E-state index >= 15 is 0 Å². The van der Waals surface area contributed by atoms with Gasteiger partial charge in [0.25, 0.3) is 0 Å². The number of rotatable bonds is 9. The topological polar surface area (TPSA) is 115 Å². The summed E-state index contributed by atoms with van der Waals surface area (Å²) < 4.78 is 13.8. The van der Waals surface area contributed by atoms with E-state index in [2.05, 4.69) is 5.32 Å². The quantitative estimate of drug-likeness (QED) is 0.204. The molecule has 0 spiro atoms. The van der Waals surface area contributed by atoms with E-state index < -0.39 is 39.7 Å². The Labute approximate surface area is 212 Å². The van der Waals surface area contributed by atoms with E-state index in [0.717, 1.165) is 12.1 Å². The zero-order valence-corrected chi connectivity index (χ0v) is 19.7. The first kappa shape index (κ1) is 25.2. The summed E-state index contributed by atoms with van der Waals surface area (Å²) in [5.74, 6) is -2.33. The summed E-state index contributed by atoms with van der Waals surface area (Å²) in [6, 6.07) is 29.6. The Balaban J connectivity index is 1.82. The molecule has 2 amide bonds. The Morgan fingerprint density at radius 1 is 0.838 bits per heavy atom. The van der Waals surface area contributed by atoms with Gasteiger partial charge >= 0.3 is 5.69 Å². The van der Waals surface area contributed by atoms with Crippen LogP contribution in [0.5, 0.6) is 0 Å². The van der Waals surface area contributed by atoms with E-state index in [9.17, 15) is 24.1 Å². The number of nitro benzene ring substituents is 1. The van der Waals surface area contributed by atoms with Gasteiger partial charge in [-0.25, -0.2) is 0 Å². The Bertz CT molecular complexity index is 1320. The summed E-state index contributed by atoms with van der Waals surface area (Å²) in [6.45, 7) is 0. The summed E-state index contributed by atoms with van der Waals surface area (Å²) in [6.07, 6.45) is -0.156. The average Bonchev–Trinajstić information content (AvgIpc) is 2.91. The minimum Gasteiger partial charge on any atom is -0.368 e. The van der Waals surface area contributed by atoms with Gasteiger partial charge in [-0.2, -0.15) is 4.39 Å².